The molecule has 2 aromatic rings. The van der Waals surface area contributed by atoms with Gasteiger partial charge in [-0.05, 0) is 61.6 Å². The third kappa shape index (κ3) is 4.43. The third-order valence-electron chi connectivity index (χ3n) is 5.39. The highest BCUT2D eigenvalue weighted by Gasteiger charge is 2.29. The van der Waals surface area contributed by atoms with Gasteiger partial charge in [0.15, 0.2) is 0 Å². The first-order chi connectivity index (χ1) is 12.4. The summed E-state index contributed by atoms with van der Waals surface area (Å²) in [7, 11) is 0. The molecule has 140 valence electrons. The molecule has 0 radical (unpaired) electrons. The Morgan fingerprint density at radius 1 is 1.35 bits per heavy atom. The van der Waals surface area contributed by atoms with E-state index in [1.807, 2.05) is 24.3 Å². The van der Waals surface area contributed by atoms with Crippen molar-refractivity contribution in [3.63, 3.8) is 0 Å². The van der Waals surface area contributed by atoms with Gasteiger partial charge >= 0.3 is 5.97 Å². The number of anilines is 1. The third-order valence-corrected chi connectivity index (χ3v) is 6.50. The van der Waals surface area contributed by atoms with Gasteiger partial charge in [0, 0.05) is 11.9 Å². The Morgan fingerprint density at radius 3 is 2.73 bits per heavy atom. The van der Waals surface area contributed by atoms with E-state index < -0.39 is 12.1 Å². The van der Waals surface area contributed by atoms with Crippen LogP contribution in [0.5, 0.6) is 0 Å². The van der Waals surface area contributed by atoms with Crippen LogP contribution in [-0.2, 0) is 4.79 Å². The van der Waals surface area contributed by atoms with Crippen LogP contribution in [0.15, 0.2) is 30.5 Å². The second kappa shape index (κ2) is 8.18. The summed E-state index contributed by atoms with van der Waals surface area (Å²) < 4.78 is 0. The minimum Gasteiger partial charge on any atom is -0.481 e. The maximum absolute atomic E-state index is 11.1. The number of nitrogens with two attached hydrogens (primary N) is 1. The number of hydrogen-bond acceptors (Lipinski definition) is 5. The number of aliphatic hydroxyl groups excluding tert-OH is 1. The van der Waals surface area contributed by atoms with E-state index in [1.54, 1.807) is 6.20 Å². The van der Waals surface area contributed by atoms with Crippen LogP contribution in [-0.4, -0.2) is 21.2 Å². The van der Waals surface area contributed by atoms with Crippen molar-refractivity contribution >= 4 is 23.0 Å². The smallest absolute Gasteiger partial charge is 0.306 e. The summed E-state index contributed by atoms with van der Waals surface area (Å²) in [6.07, 6.45) is 5.47. The van der Waals surface area contributed by atoms with Gasteiger partial charge in [-0.3, -0.25) is 4.79 Å². The van der Waals surface area contributed by atoms with Gasteiger partial charge in [0.25, 0.3) is 0 Å². The molecular formula is C20H26N2O3S. The maximum Gasteiger partial charge on any atom is 0.306 e. The highest BCUT2D eigenvalue weighted by atomic mass is 32.1. The van der Waals surface area contributed by atoms with Crippen LogP contribution >= 0.6 is 11.3 Å². The zero-order chi connectivity index (χ0) is 18.7. The fourth-order valence-corrected chi connectivity index (χ4v) is 4.83. The van der Waals surface area contributed by atoms with Crippen molar-refractivity contribution < 1.29 is 15.0 Å². The van der Waals surface area contributed by atoms with E-state index in [-0.39, 0.29) is 11.8 Å². The molecule has 1 saturated carbocycles. The molecule has 3 rings (SSSR count). The number of benzene rings is 1. The molecule has 2 unspecified atom stereocenters. The van der Waals surface area contributed by atoms with Crippen LogP contribution in [0, 0.1) is 17.8 Å². The van der Waals surface area contributed by atoms with Crippen molar-refractivity contribution in [2.45, 2.75) is 45.1 Å². The fraction of sp³-hybridized carbons (Fsp3) is 0.500. The van der Waals surface area contributed by atoms with E-state index in [1.165, 1.54) is 11.3 Å². The quantitative estimate of drug-likeness (QED) is 0.654. The van der Waals surface area contributed by atoms with E-state index in [0.717, 1.165) is 47.6 Å². The van der Waals surface area contributed by atoms with Gasteiger partial charge in [-0.25, -0.2) is 4.98 Å². The molecule has 1 aromatic heterocycles. The topological polar surface area (TPSA) is 96.4 Å². The van der Waals surface area contributed by atoms with E-state index in [0.29, 0.717) is 11.6 Å². The summed E-state index contributed by atoms with van der Waals surface area (Å²) in [5.74, 6) is -0.274. The summed E-state index contributed by atoms with van der Waals surface area (Å²) in [4.78, 5) is 16.5. The molecule has 0 bridgehead atoms. The Balaban J connectivity index is 1.59. The number of aliphatic hydroxyl groups is 1. The molecule has 1 heterocycles. The highest BCUT2D eigenvalue weighted by molar-refractivity contribution is 7.15. The number of hydrogen-bond donors (Lipinski definition) is 3. The molecule has 1 aromatic carbocycles. The van der Waals surface area contributed by atoms with Crippen molar-refractivity contribution in [2.24, 2.45) is 17.8 Å². The van der Waals surface area contributed by atoms with Gasteiger partial charge in [-0.1, -0.05) is 19.1 Å². The first kappa shape index (κ1) is 18.9. The molecule has 2 atom stereocenters. The number of nitrogens with zero attached hydrogens (tertiary/aromatic N) is 1. The number of rotatable bonds is 6. The number of carboxylic acid groups (broad SMARTS) is 1. The van der Waals surface area contributed by atoms with E-state index >= 15 is 0 Å². The van der Waals surface area contributed by atoms with E-state index in [2.05, 4.69) is 11.9 Å². The normalized spacial score (nSPS) is 22.7. The predicted octanol–water partition coefficient (Wildman–Crippen LogP) is 4.34. The lowest BCUT2D eigenvalue weighted by atomic mass is 9.77. The lowest BCUT2D eigenvalue weighted by Crippen LogP contribution is -2.23. The molecule has 0 saturated heterocycles. The highest BCUT2D eigenvalue weighted by Crippen LogP contribution is 2.38. The van der Waals surface area contributed by atoms with Crippen molar-refractivity contribution in [2.75, 3.05) is 5.73 Å². The molecule has 1 aliphatic rings. The Hall–Kier alpha value is -1.92. The summed E-state index contributed by atoms with van der Waals surface area (Å²) in [6, 6.07) is 7.66. The minimum atomic E-state index is -0.673. The maximum atomic E-state index is 11.1. The lowest BCUT2D eigenvalue weighted by Gasteiger charge is -2.29. The van der Waals surface area contributed by atoms with E-state index in [4.69, 9.17) is 10.8 Å². The van der Waals surface area contributed by atoms with Crippen LogP contribution in [0.1, 0.15) is 50.1 Å². The Bertz CT molecular complexity index is 753. The van der Waals surface area contributed by atoms with E-state index in [9.17, 15) is 9.90 Å². The zero-order valence-electron chi connectivity index (χ0n) is 15.0. The molecule has 1 fully saturated rings. The van der Waals surface area contributed by atoms with Gasteiger partial charge < -0.3 is 15.9 Å². The van der Waals surface area contributed by atoms with Crippen LogP contribution in [0.25, 0.3) is 10.4 Å². The summed E-state index contributed by atoms with van der Waals surface area (Å²) in [6.45, 7) is 2.05. The number of aliphatic carboxylic acids is 1. The first-order valence-electron chi connectivity index (χ1n) is 9.16. The molecular weight excluding hydrogens is 348 g/mol. The minimum absolute atomic E-state index is 0.0984. The van der Waals surface area contributed by atoms with Crippen molar-refractivity contribution in [3.8, 4) is 10.4 Å². The van der Waals surface area contributed by atoms with Crippen molar-refractivity contribution in [3.05, 3.63) is 35.5 Å². The number of thiazole rings is 1. The molecule has 4 N–H and O–H groups in total. The molecule has 26 heavy (non-hydrogen) atoms. The molecule has 5 nitrogen and oxygen atoms in total. The van der Waals surface area contributed by atoms with Gasteiger partial charge in [-0.2, -0.15) is 0 Å². The van der Waals surface area contributed by atoms with Gasteiger partial charge in [0.2, 0.25) is 0 Å². The lowest BCUT2D eigenvalue weighted by molar-refractivity contribution is -0.143. The monoisotopic (exact) mass is 374 g/mol. The summed E-state index contributed by atoms with van der Waals surface area (Å²) in [5.41, 5.74) is 7.57. The molecule has 6 heteroatoms. The SMILES string of the molecule is CC(CC1CCC(C(=O)O)CC1)C(O)c1ncc(-c2cccc(N)c2)s1. The van der Waals surface area contributed by atoms with Crippen LogP contribution in [0.4, 0.5) is 5.69 Å². The fourth-order valence-electron chi connectivity index (χ4n) is 3.79. The van der Waals surface area contributed by atoms with Crippen LogP contribution < -0.4 is 5.73 Å². The largest absolute Gasteiger partial charge is 0.481 e. The average molecular weight is 375 g/mol. The Labute approximate surface area is 157 Å². The number of carboxylic acids is 1. The summed E-state index contributed by atoms with van der Waals surface area (Å²) >= 11 is 1.50. The van der Waals surface area contributed by atoms with Crippen molar-refractivity contribution in [1.82, 2.24) is 4.98 Å². The second-order valence-corrected chi connectivity index (χ2v) is 8.46. The predicted molar refractivity (Wildman–Crippen MR) is 104 cm³/mol. The Kier molecular flexibility index (Phi) is 5.94. The van der Waals surface area contributed by atoms with Crippen LogP contribution in [0.2, 0.25) is 0 Å². The van der Waals surface area contributed by atoms with Crippen molar-refractivity contribution in [1.29, 1.82) is 0 Å². The van der Waals surface area contributed by atoms with Gasteiger partial charge in [0.1, 0.15) is 11.1 Å². The molecule has 0 aliphatic heterocycles. The molecule has 1 aliphatic carbocycles. The standard InChI is InChI=1S/C20H26N2O3S/c1-12(9-13-5-7-14(8-6-13)20(24)25)18(23)19-22-11-17(26-19)15-3-2-4-16(21)10-15/h2-4,10-14,18,23H,5-9,21H2,1H3,(H,24,25). The van der Waals surface area contributed by atoms with Crippen LogP contribution in [0.3, 0.4) is 0 Å². The number of carbonyl (C=O) groups is 1. The molecule has 0 amide bonds. The first-order valence-corrected chi connectivity index (χ1v) is 9.98. The summed E-state index contributed by atoms with van der Waals surface area (Å²) in [5, 5.41) is 20.5. The van der Waals surface area contributed by atoms with Gasteiger partial charge in [-0.15, -0.1) is 11.3 Å². The Morgan fingerprint density at radius 2 is 2.08 bits per heavy atom. The zero-order valence-corrected chi connectivity index (χ0v) is 15.8. The number of nitrogen functional groups attached to an aromatic ring is 1. The molecule has 0 spiro atoms. The second-order valence-electron chi connectivity index (χ2n) is 7.40. The average Bonchev–Trinajstić information content (AvgIpc) is 3.11. The number of aromatic nitrogens is 1. The van der Waals surface area contributed by atoms with Gasteiger partial charge in [0.05, 0.1) is 10.8 Å².